The maximum atomic E-state index is 12.2. The van der Waals surface area contributed by atoms with Crippen molar-refractivity contribution in [2.45, 2.75) is 11.8 Å². The number of esters is 1. The van der Waals surface area contributed by atoms with Crippen LogP contribution >= 0.6 is 0 Å². The number of hydrogen-bond donors (Lipinski definition) is 1. The highest BCUT2D eigenvalue weighted by Gasteiger charge is 2.19. The summed E-state index contributed by atoms with van der Waals surface area (Å²) in [5, 5.41) is 2.57. The van der Waals surface area contributed by atoms with Gasteiger partial charge >= 0.3 is 5.97 Å². The van der Waals surface area contributed by atoms with Crippen LogP contribution in [0.1, 0.15) is 15.9 Å². The predicted molar refractivity (Wildman–Crippen MR) is 97.4 cm³/mol. The summed E-state index contributed by atoms with van der Waals surface area (Å²) >= 11 is 0. The average molecular weight is 376 g/mol. The summed E-state index contributed by atoms with van der Waals surface area (Å²) in [6.45, 7) is 1.26. The Balaban J connectivity index is 2.06. The summed E-state index contributed by atoms with van der Waals surface area (Å²) in [6, 6.07) is 12.8. The van der Waals surface area contributed by atoms with Gasteiger partial charge in [0.1, 0.15) is 0 Å². The van der Waals surface area contributed by atoms with Crippen molar-refractivity contribution < 1.29 is 22.7 Å². The maximum absolute atomic E-state index is 12.2. The number of hydrogen-bond acceptors (Lipinski definition) is 5. The Kier molecular flexibility index (Phi) is 6.12. The zero-order chi connectivity index (χ0) is 19.3. The summed E-state index contributed by atoms with van der Waals surface area (Å²) < 4.78 is 30.4. The van der Waals surface area contributed by atoms with E-state index in [4.69, 9.17) is 4.74 Å². The van der Waals surface area contributed by atoms with E-state index in [1.165, 1.54) is 26.2 Å². The molecule has 0 saturated carbocycles. The Morgan fingerprint density at radius 3 is 2.35 bits per heavy atom. The summed E-state index contributed by atoms with van der Waals surface area (Å²) in [5.74, 6) is -1.17. The second kappa shape index (κ2) is 8.11. The predicted octanol–water partition coefficient (Wildman–Crippen LogP) is 2.04. The van der Waals surface area contributed by atoms with E-state index < -0.39 is 28.5 Å². The number of carbonyl (C=O) groups excluding carboxylic acids is 2. The van der Waals surface area contributed by atoms with Gasteiger partial charge in [-0.25, -0.2) is 17.5 Å². The lowest BCUT2D eigenvalue weighted by atomic mass is 10.2. The van der Waals surface area contributed by atoms with Crippen LogP contribution in [-0.4, -0.2) is 45.3 Å². The van der Waals surface area contributed by atoms with E-state index in [2.05, 4.69) is 5.32 Å². The Hall–Kier alpha value is -2.71. The van der Waals surface area contributed by atoms with Crippen molar-refractivity contribution in [3.63, 3.8) is 0 Å². The third-order valence-electron chi connectivity index (χ3n) is 3.61. The van der Waals surface area contributed by atoms with Gasteiger partial charge < -0.3 is 10.1 Å². The number of nitrogens with zero attached hydrogens (tertiary/aromatic N) is 1. The average Bonchev–Trinajstić information content (AvgIpc) is 2.62. The minimum absolute atomic E-state index is 0.0599. The molecule has 2 aromatic rings. The molecule has 7 nitrogen and oxygen atoms in total. The Morgan fingerprint density at radius 2 is 1.73 bits per heavy atom. The van der Waals surface area contributed by atoms with Crippen molar-refractivity contribution in [1.29, 1.82) is 0 Å². The molecule has 0 saturated heterocycles. The van der Waals surface area contributed by atoms with E-state index >= 15 is 0 Å². The number of amides is 1. The SMILES string of the molecule is Cc1ccc(S(=O)(=O)N(C)C)cc1NC(=O)COC(=O)c1ccccc1. The van der Waals surface area contributed by atoms with Gasteiger partial charge in [-0.05, 0) is 36.8 Å². The topological polar surface area (TPSA) is 92.8 Å². The first-order valence-corrected chi connectivity index (χ1v) is 9.21. The van der Waals surface area contributed by atoms with Crippen molar-refractivity contribution in [2.75, 3.05) is 26.0 Å². The van der Waals surface area contributed by atoms with E-state index in [0.717, 1.165) is 4.31 Å². The molecule has 0 radical (unpaired) electrons. The van der Waals surface area contributed by atoms with Gasteiger partial charge in [0, 0.05) is 19.8 Å². The zero-order valence-corrected chi connectivity index (χ0v) is 15.5. The summed E-state index contributed by atoms with van der Waals surface area (Å²) in [5.41, 5.74) is 1.37. The van der Waals surface area contributed by atoms with Crippen LogP contribution < -0.4 is 5.32 Å². The van der Waals surface area contributed by atoms with E-state index in [0.29, 0.717) is 16.8 Å². The van der Waals surface area contributed by atoms with Gasteiger partial charge in [0.2, 0.25) is 10.0 Å². The van der Waals surface area contributed by atoms with Gasteiger partial charge in [0.25, 0.3) is 5.91 Å². The van der Waals surface area contributed by atoms with Crippen molar-refractivity contribution >= 4 is 27.6 Å². The minimum atomic E-state index is -3.62. The van der Waals surface area contributed by atoms with Gasteiger partial charge in [-0.15, -0.1) is 0 Å². The van der Waals surface area contributed by atoms with Gasteiger partial charge in [-0.1, -0.05) is 24.3 Å². The highest BCUT2D eigenvalue weighted by Crippen LogP contribution is 2.22. The second-order valence-corrected chi connectivity index (χ2v) is 7.91. The fourth-order valence-corrected chi connectivity index (χ4v) is 3.01. The van der Waals surface area contributed by atoms with E-state index in [1.54, 1.807) is 43.3 Å². The number of rotatable bonds is 6. The fraction of sp³-hybridized carbons (Fsp3) is 0.222. The van der Waals surface area contributed by atoms with E-state index in [-0.39, 0.29) is 4.90 Å². The van der Waals surface area contributed by atoms with Crippen LogP contribution in [0.5, 0.6) is 0 Å². The van der Waals surface area contributed by atoms with Crippen LogP contribution in [-0.2, 0) is 19.6 Å². The van der Waals surface area contributed by atoms with Gasteiger partial charge in [-0.3, -0.25) is 4.79 Å². The van der Waals surface area contributed by atoms with Crippen LogP contribution in [0.2, 0.25) is 0 Å². The highest BCUT2D eigenvalue weighted by atomic mass is 32.2. The molecule has 1 N–H and O–H groups in total. The molecule has 1 amide bonds. The van der Waals surface area contributed by atoms with Crippen LogP contribution in [0.3, 0.4) is 0 Å². The molecule has 8 heteroatoms. The fourth-order valence-electron chi connectivity index (χ4n) is 2.08. The first-order chi connectivity index (χ1) is 12.2. The Bertz CT molecular complexity index is 908. The van der Waals surface area contributed by atoms with Gasteiger partial charge in [0.15, 0.2) is 6.61 Å². The minimum Gasteiger partial charge on any atom is -0.452 e. The van der Waals surface area contributed by atoms with Crippen LogP contribution in [0.15, 0.2) is 53.4 Å². The number of anilines is 1. The molecular formula is C18H20N2O5S. The molecule has 0 aliphatic carbocycles. The largest absolute Gasteiger partial charge is 0.452 e. The van der Waals surface area contributed by atoms with Crippen molar-refractivity contribution in [1.82, 2.24) is 4.31 Å². The second-order valence-electron chi connectivity index (χ2n) is 5.75. The third kappa shape index (κ3) is 4.68. The van der Waals surface area contributed by atoms with E-state index in [9.17, 15) is 18.0 Å². The van der Waals surface area contributed by atoms with E-state index in [1.807, 2.05) is 0 Å². The lowest BCUT2D eigenvalue weighted by Gasteiger charge is -2.14. The van der Waals surface area contributed by atoms with Gasteiger partial charge in [-0.2, -0.15) is 0 Å². The third-order valence-corrected chi connectivity index (χ3v) is 5.42. The first kappa shape index (κ1) is 19.6. The monoisotopic (exact) mass is 376 g/mol. The molecule has 0 fully saturated rings. The molecule has 0 aliphatic heterocycles. The van der Waals surface area contributed by atoms with Crippen LogP contribution in [0.4, 0.5) is 5.69 Å². The van der Waals surface area contributed by atoms with Crippen LogP contribution in [0.25, 0.3) is 0 Å². The first-order valence-electron chi connectivity index (χ1n) is 7.77. The molecular weight excluding hydrogens is 356 g/mol. The molecule has 0 heterocycles. The maximum Gasteiger partial charge on any atom is 0.338 e. The molecule has 138 valence electrons. The summed E-state index contributed by atoms with van der Waals surface area (Å²) in [6.07, 6.45) is 0. The normalized spacial score (nSPS) is 11.2. The molecule has 26 heavy (non-hydrogen) atoms. The standard InChI is InChI=1S/C18H20N2O5S/c1-13-9-10-15(26(23,24)20(2)3)11-16(13)19-17(21)12-25-18(22)14-7-5-4-6-8-14/h4-11H,12H2,1-3H3,(H,19,21). The summed E-state index contributed by atoms with van der Waals surface area (Å²) in [7, 11) is -0.763. The molecule has 0 spiro atoms. The number of ether oxygens (including phenoxy) is 1. The Labute approximate surface area is 152 Å². The van der Waals surface area contributed by atoms with Crippen molar-refractivity contribution in [3.8, 4) is 0 Å². The number of aryl methyl sites for hydroxylation is 1. The molecule has 0 bridgehead atoms. The lowest BCUT2D eigenvalue weighted by Crippen LogP contribution is -2.23. The number of carbonyl (C=O) groups is 2. The smallest absolute Gasteiger partial charge is 0.338 e. The van der Waals surface area contributed by atoms with Crippen molar-refractivity contribution in [2.24, 2.45) is 0 Å². The molecule has 0 unspecified atom stereocenters. The highest BCUT2D eigenvalue weighted by molar-refractivity contribution is 7.89. The molecule has 0 aliphatic rings. The molecule has 2 rings (SSSR count). The quantitative estimate of drug-likeness (QED) is 0.779. The van der Waals surface area contributed by atoms with Gasteiger partial charge in [0.05, 0.1) is 10.5 Å². The number of benzene rings is 2. The molecule has 0 aromatic heterocycles. The Morgan fingerprint density at radius 1 is 1.08 bits per heavy atom. The molecule has 2 aromatic carbocycles. The number of nitrogens with one attached hydrogen (secondary N) is 1. The number of sulfonamides is 1. The summed E-state index contributed by atoms with van der Waals surface area (Å²) in [4.78, 5) is 23.9. The zero-order valence-electron chi connectivity index (χ0n) is 14.7. The van der Waals surface area contributed by atoms with Crippen LogP contribution in [0, 0.1) is 6.92 Å². The molecule has 0 atom stereocenters. The lowest BCUT2D eigenvalue weighted by molar-refractivity contribution is -0.119. The van der Waals surface area contributed by atoms with Crippen molar-refractivity contribution in [3.05, 3.63) is 59.7 Å².